The molecule has 0 aromatic carbocycles. The van der Waals surface area contributed by atoms with E-state index in [1.807, 2.05) is 0 Å². The number of aliphatic hydroxyl groups is 3. The number of carbonyl (C=O) groups is 2. The Hall–Kier alpha value is -0.830. The number of ether oxygens (including phenoxy) is 2. The Morgan fingerprint density at radius 2 is 1.16 bits per heavy atom. The summed E-state index contributed by atoms with van der Waals surface area (Å²) < 4.78 is 10.2. The molecule has 8 heteroatoms. The molecule has 184 valence electrons. The van der Waals surface area contributed by atoms with E-state index in [1.54, 1.807) is 0 Å². The molecule has 0 saturated heterocycles. The Labute approximate surface area is 192 Å². The smallest absolute Gasteiger partial charge is 0.306 e. The quantitative estimate of drug-likeness (QED) is 0.165. The topological polar surface area (TPSA) is 113 Å². The molecule has 0 radical (unpaired) electrons. The number of thioether (sulfide) groups is 1. The van der Waals surface area contributed by atoms with Crippen LogP contribution in [-0.2, 0) is 19.1 Å². The zero-order valence-corrected chi connectivity index (χ0v) is 20.1. The van der Waals surface area contributed by atoms with Gasteiger partial charge >= 0.3 is 11.9 Å². The average Bonchev–Trinajstić information content (AvgIpc) is 2.78. The van der Waals surface area contributed by atoms with Gasteiger partial charge in [0.25, 0.3) is 0 Å². The Morgan fingerprint density at radius 3 is 1.65 bits per heavy atom. The van der Waals surface area contributed by atoms with Crippen LogP contribution in [-0.4, -0.2) is 71.8 Å². The summed E-state index contributed by atoms with van der Waals surface area (Å²) in [5.74, 6) is 0.424. The van der Waals surface area contributed by atoms with Crippen LogP contribution in [0.25, 0.3) is 0 Å². The zero-order chi connectivity index (χ0) is 23.2. The number of rotatable bonds is 22. The van der Waals surface area contributed by atoms with Gasteiger partial charge in [0.2, 0.25) is 0 Å². The monoisotopic (exact) mass is 464 g/mol. The summed E-state index contributed by atoms with van der Waals surface area (Å²) in [6, 6.07) is 0. The van der Waals surface area contributed by atoms with Gasteiger partial charge in [0, 0.05) is 11.5 Å². The van der Waals surface area contributed by atoms with Crippen molar-refractivity contribution in [3.05, 3.63) is 0 Å². The molecule has 0 aromatic rings. The van der Waals surface area contributed by atoms with Gasteiger partial charge in [0.1, 0.15) is 6.61 Å². The minimum absolute atomic E-state index is 0.163. The lowest BCUT2D eigenvalue weighted by Gasteiger charge is -2.26. The van der Waals surface area contributed by atoms with E-state index in [4.69, 9.17) is 9.47 Å². The fourth-order valence-electron chi connectivity index (χ4n) is 2.85. The normalized spacial score (nSPS) is 11.5. The number of unbranched alkanes of at least 4 members (excludes halogenated alkanes) is 9. The van der Waals surface area contributed by atoms with Gasteiger partial charge in [-0.1, -0.05) is 64.7 Å². The van der Waals surface area contributed by atoms with Crippen LogP contribution in [0.5, 0.6) is 0 Å². The van der Waals surface area contributed by atoms with Crippen molar-refractivity contribution in [1.29, 1.82) is 0 Å². The highest BCUT2D eigenvalue weighted by molar-refractivity contribution is 7.99. The zero-order valence-electron chi connectivity index (χ0n) is 19.3. The van der Waals surface area contributed by atoms with Crippen molar-refractivity contribution in [3.8, 4) is 0 Å². The molecular formula is C23H44O7S. The first kappa shape index (κ1) is 30.2. The molecule has 0 aliphatic heterocycles. The van der Waals surface area contributed by atoms with Crippen molar-refractivity contribution in [1.82, 2.24) is 0 Å². The third kappa shape index (κ3) is 17.4. The van der Waals surface area contributed by atoms with Gasteiger partial charge in [-0.15, -0.1) is 0 Å². The van der Waals surface area contributed by atoms with E-state index < -0.39 is 31.2 Å². The molecule has 0 spiro atoms. The lowest BCUT2D eigenvalue weighted by atomic mass is 9.93. The van der Waals surface area contributed by atoms with Crippen LogP contribution in [0.4, 0.5) is 0 Å². The molecule has 0 fully saturated rings. The minimum atomic E-state index is -1.21. The maximum Gasteiger partial charge on any atom is 0.306 e. The number of esters is 2. The predicted molar refractivity (Wildman–Crippen MR) is 124 cm³/mol. The lowest BCUT2D eigenvalue weighted by Crippen LogP contribution is -2.39. The molecule has 0 aliphatic carbocycles. The molecule has 0 unspecified atom stereocenters. The maximum atomic E-state index is 11.7. The van der Waals surface area contributed by atoms with Gasteiger partial charge in [-0.05, 0) is 6.42 Å². The standard InChI is InChI=1S/C23H44O7S/c1-2-3-4-5-6-7-8-9-10-11-14-29-21(27)12-15-31-16-13-22(28)30-20-23(17-24,18-25)19-26/h24-26H,2-20H2,1H3. The fourth-order valence-corrected chi connectivity index (χ4v) is 3.68. The number of aliphatic hydroxyl groups excluding tert-OH is 3. The highest BCUT2D eigenvalue weighted by atomic mass is 32.2. The largest absolute Gasteiger partial charge is 0.466 e. The first-order valence-electron chi connectivity index (χ1n) is 11.7. The molecule has 0 atom stereocenters. The molecule has 3 N–H and O–H groups in total. The number of carbonyl (C=O) groups excluding carboxylic acids is 2. The van der Waals surface area contributed by atoms with Crippen molar-refractivity contribution >= 4 is 23.7 Å². The molecule has 0 bridgehead atoms. The molecular weight excluding hydrogens is 420 g/mol. The van der Waals surface area contributed by atoms with Gasteiger partial charge in [0.15, 0.2) is 0 Å². The average molecular weight is 465 g/mol. The summed E-state index contributed by atoms with van der Waals surface area (Å²) in [4.78, 5) is 23.4. The maximum absolute atomic E-state index is 11.7. The van der Waals surface area contributed by atoms with Crippen molar-refractivity contribution in [2.45, 2.75) is 84.0 Å². The Bertz CT molecular complexity index is 433. The van der Waals surface area contributed by atoms with Gasteiger partial charge in [0.05, 0.1) is 44.7 Å². The van der Waals surface area contributed by atoms with Crippen LogP contribution in [0.1, 0.15) is 84.0 Å². The third-order valence-corrected chi connectivity index (χ3v) is 6.19. The predicted octanol–water partition coefficient (Wildman–Crippen LogP) is 3.47. The van der Waals surface area contributed by atoms with Crippen LogP contribution >= 0.6 is 11.8 Å². The SMILES string of the molecule is CCCCCCCCCCCCOC(=O)CCSCCC(=O)OCC(CO)(CO)CO. The van der Waals surface area contributed by atoms with E-state index in [0.29, 0.717) is 24.5 Å². The van der Waals surface area contributed by atoms with E-state index in [0.717, 1.165) is 12.8 Å². The van der Waals surface area contributed by atoms with Crippen molar-refractivity contribution in [3.63, 3.8) is 0 Å². The van der Waals surface area contributed by atoms with E-state index in [-0.39, 0.29) is 19.0 Å². The van der Waals surface area contributed by atoms with Crippen molar-refractivity contribution < 1.29 is 34.4 Å². The summed E-state index contributed by atoms with van der Waals surface area (Å²) in [6.07, 6.45) is 12.9. The lowest BCUT2D eigenvalue weighted by molar-refractivity contribution is -0.150. The third-order valence-electron chi connectivity index (χ3n) is 5.21. The van der Waals surface area contributed by atoms with Crippen LogP contribution in [0.15, 0.2) is 0 Å². The second-order valence-electron chi connectivity index (χ2n) is 8.15. The Balaban J connectivity index is 3.49. The molecule has 31 heavy (non-hydrogen) atoms. The Morgan fingerprint density at radius 1 is 0.710 bits per heavy atom. The van der Waals surface area contributed by atoms with E-state index in [1.165, 1.54) is 63.1 Å². The second kappa shape index (κ2) is 21.0. The van der Waals surface area contributed by atoms with E-state index in [2.05, 4.69) is 6.92 Å². The van der Waals surface area contributed by atoms with Crippen LogP contribution in [0.3, 0.4) is 0 Å². The van der Waals surface area contributed by atoms with Crippen LogP contribution in [0.2, 0.25) is 0 Å². The van der Waals surface area contributed by atoms with Crippen LogP contribution in [0, 0.1) is 5.41 Å². The molecule has 0 aliphatic rings. The van der Waals surface area contributed by atoms with E-state index >= 15 is 0 Å². The van der Waals surface area contributed by atoms with Gasteiger partial charge < -0.3 is 24.8 Å². The summed E-state index contributed by atoms with van der Waals surface area (Å²) >= 11 is 1.47. The van der Waals surface area contributed by atoms with Gasteiger partial charge in [-0.25, -0.2) is 0 Å². The number of hydrogen-bond donors (Lipinski definition) is 3. The molecule has 0 saturated carbocycles. The van der Waals surface area contributed by atoms with Crippen molar-refractivity contribution in [2.75, 3.05) is 44.5 Å². The van der Waals surface area contributed by atoms with Gasteiger partial charge in [-0.3, -0.25) is 9.59 Å². The molecule has 0 amide bonds. The summed E-state index contributed by atoms with van der Waals surface area (Å²) in [5, 5.41) is 27.6. The summed E-state index contributed by atoms with van der Waals surface area (Å²) in [5.41, 5.74) is -1.21. The van der Waals surface area contributed by atoms with Crippen molar-refractivity contribution in [2.24, 2.45) is 5.41 Å². The highest BCUT2D eigenvalue weighted by Crippen LogP contribution is 2.16. The first-order chi connectivity index (χ1) is 15.0. The molecule has 0 aromatic heterocycles. The molecule has 7 nitrogen and oxygen atoms in total. The molecule has 0 rings (SSSR count). The highest BCUT2D eigenvalue weighted by Gasteiger charge is 2.30. The fraction of sp³-hybridized carbons (Fsp3) is 0.913. The summed E-state index contributed by atoms with van der Waals surface area (Å²) in [7, 11) is 0. The van der Waals surface area contributed by atoms with Crippen LogP contribution < -0.4 is 0 Å². The first-order valence-corrected chi connectivity index (χ1v) is 12.9. The van der Waals surface area contributed by atoms with Gasteiger partial charge in [-0.2, -0.15) is 11.8 Å². The Kier molecular flexibility index (Phi) is 20.5. The molecule has 0 heterocycles. The second-order valence-corrected chi connectivity index (χ2v) is 9.37. The summed E-state index contributed by atoms with van der Waals surface area (Å²) in [6.45, 7) is 1.08. The van der Waals surface area contributed by atoms with E-state index in [9.17, 15) is 24.9 Å². The number of hydrogen-bond acceptors (Lipinski definition) is 8. The minimum Gasteiger partial charge on any atom is -0.466 e.